The first-order valence-electron chi connectivity index (χ1n) is 10.7. The van der Waals surface area contributed by atoms with Crippen molar-refractivity contribution in [3.63, 3.8) is 0 Å². The molecule has 32 heavy (non-hydrogen) atoms. The predicted molar refractivity (Wildman–Crippen MR) is 126 cm³/mol. The Morgan fingerprint density at radius 2 is 1.69 bits per heavy atom. The largest absolute Gasteiger partial charge is 0.378 e. The lowest BCUT2D eigenvalue weighted by Crippen LogP contribution is -2.36. The van der Waals surface area contributed by atoms with Crippen LogP contribution >= 0.6 is 0 Å². The highest BCUT2D eigenvalue weighted by molar-refractivity contribution is 7.89. The molecule has 9 heteroatoms. The molecule has 3 rings (SSSR count). The summed E-state index contributed by atoms with van der Waals surface area (Å²) in [6.07, 6.45) is 0. The Hall–Kier alpha value is -2.88. The van der Waals surface area contributed by atoms with Crippen LogP contribution in [0.3, 0.4) is 0 Å². The molecular weight excluding hydrogens is 428 g/mol. The highest BCUT2D eigenvalue weighted by Gasteiger charge is 2.22. The number of nitrogens with one attached hydrogen (secondary N) is 2. The molecule has 0 aliphatic carbocycles. The van der Waals surface area contributed by atoms with E-state index in [1.54, 1.807) is 26.0 Å². The Morgan fingerprint density at radius 1 is 1.03 bits per heavy atom. The van der Waals surface area contributed by atoms with Gasteiger partial charge >= 0.3 is 0 Å². The van der Waals surface area contributed by atoms with E-state index >= 15 is 0 Å². The van der Waals surface area contributed by atoms with E-state index < -0.39 is 15.9 Å². The molecule has 2 N–H and O–H groups in total. The van der Waals surface area contributed by atoms with E-state index in [2.05, 4.69) is 22.3 Å². The number of amides is 1. The van der Waals surface area contributed by atoms with Crippen LogP contribution in [0.4, 0.5) is 5.69 Å². The second kappa shape index (κ2) is 10.6. The molecule has 2 aromatic carbocycles. The minimum atomic E-state index is -3.64. The van der Waals surface area contributed by atoms with Gasteiger partial charge in [0.1, 0.15) is 0 Å². The van der Waals surface area contributed by atoms with E-state index in [-0.39, 0.29) is 10.5 Å². The molecule has 2 aromatic rings. The van der Waals surface area contributed by atoms with E-state index in [4.69, 9.17) is 4.74 Å². The number of carbonyl (C=O) groups excluding carboxylic acids is 1. The number of nitrogens with zero attached hydrogens (tertiary/aromatic N) is 2. The molecule has 1 saturated heterocycles. The molecule has 0 spiro atoms. The van der Waals surface area contributed by atoms with Crippen molar-refractivity contribution in [2.75, 3.05) is 44.3 Å². The minimum Gasteiger partial charge on any atom is -0.378 e. The number of ether oxygens (including phenoxy) is 1. The van der Waals surface area contributed by atoms with Crippen molar-refractivity contribution in [1.29, 1.82) is 0 Å². The van der Waals surface area contributed by atoms with Crippen LogP contribution in [-0.2, 0) is 14.8 Å². The third-order valence-corrected chi connectivity index (χ3v) is 7.40. The van der Waals surface area contributed by atoms with Gasteiger partial charge in [0.25, 0.3) is 5.91 Å². The normalized spacial score (nSPS) is 14.3. The monoisotopic (exact) mass is 458 g/mol. The highest BCUT2D eigenvalue weighted by atomic mass is 32.2. The minimum absolute atomic E-state index is 0.0892. The molecule has 0 radical (unpaired) electrons. The summed E-state index contributed by atoms with van der Waals surface area (Å²) < 4.78 is 32.2. The van der Waals surface area contributed by atoms with Crippen molar-refractivity contribution in [1.82, 2.24) is 15.2 Å². The lowest BCUT2D eigenvalue weighted by Gasteiger charge is -2.29. The van der Waals surface area contributed by atoms with Crippen LogP contribution in [0, 0.1) is 0 Å². The van der Waals surface area contributed by atoms with Crippen molar-refractivity contribution in [2.45, 2.75) is 18.7 Å². The first-order valence-corrected chi connectivity index (χ1v) is 12.1. The molecule has 0 aromatic heterocycles. The molecule has 1 aliphatic heterocycles. The van der Waals surface area contributed by atoms with Gasteiger partial charge in [-0.25, -0.2) is 8.42 Å². The third kappa shape index (κ3) is 5.48. The Labute approximate surface area is 189 Å². The fourth-order valence-corrected chi connectivity index (χ4v) is 4.99. The predicted octanol–water partition coefficient (Wildman–Crippen LogP) is 2.46. The van der Waals surface area contributed by atoms with Gasteiger partial charge in [-0.1, -0.05) is 38.6 Å². The van der Waals surface area contributed by atoms with E-state index in [1.165, 1.54) is 16.4 Å². The first kappa shape index (κ1) is 23.8. The maximum atomic E-state index is 12.7. The zero-order chi connectivity index (χ0) is 23.1. The van der Waals surface area contributed by atoms with Gasteiger partial charge in [-0.3, -0.25) is 15.6 Å². The maximum Gasteiger partial charge on any atom is 0.269 e. The van der Waals surface area contributed by atoms with Gasteiger partial charge in [0, 0.05) is 37.4 Å². The molecule has 1 fully saturated rings. The molecule has 8 nitrogen and oxygen atoms in total. The van der Waals surface area contributed by atoms with Gasteiger partial charge in [0.15, 0.2) is 0 Å². The first-order chi connectivity index (χ1) is 15.4. The van der Waals surface area contributed by atoms with E-state index in [0.29, 0.717) is 18.8 Å². The van der Waals surface area contributed by atoms with Crippen LogP contribution in [0.15, 0.2) is 60.0 Å². The number of anilines is 1. The van der Waals surface area contributed by atoms with Gasteiger partial charge in [-0.05, 0) is 35.9 Å². The summed E-state index contributed by atoms with van der Waals surface area (Å²) in [7, 11) is -3.64. The summed E-state index contributed by atoms with van der Waals surface area (Å²) in [6.45, 7) is 11.4. The summed E-state index contributed by atoms with van der Waals surface area (Å²) in [4.78, 5) is 14.9. The Balaban J connectivity index is 1.62. The smallest absolute Gasteiger partial charge is 0.269 e. The molecule has 0 bridgehead atoms. The van der Waals surface area contributed by atoms with Crippen LogP contribution in [0.25, 0.3) is 5.70 Å². The second-order valence-electron chi connectivity index (χ2n) is 7.32. The fraction of sp³-hybridized carbons (Fsp3) is 0.348. The van der Waals surface area contributed by atoms with Crippen molar-refractivity contribution in [3.8, 4) is 0 Å². The Kier molecular flexibility index (Phi) is 7.89. The second-order valence-corrected chi connectivity index (χ2v) is 9.26. The highest BCUT2D eigenvalue weighted by Crippen LogP contribution is 2.19. The summed E-state index contributed by atoms with van der Waals surface area (Å²) >= 11 is 0. The third-order valence-electron chi connectivity index (χ3n) is 5.36. The molecule has 0 atom stereocenters. The number of hydrazine groups is 1. The zero-order valence-electron chi connectivity index (χ0n) is 18.5. The maximum absolute atomic E-state index is 12.7. The average Bonchev–Trinajstić information content (AvgIpc) is 2.83. The summed E-state index contributed by atoms with van der Waals surface area (Å²) in [5.41, 5.74) is 8.11. The molecular formula is C23H30N4O4S. The molecule has 172 valence electrons. The van der Waals surface area contributed by atoms with Crippen LogP contribution < -0.4 is 15.8 Å². The number of carbonyl (C=O) groups is 1. The van der Waals surface area contributed by atoms with Gasteiger partial charge in [0.2, 0.25) is 10.0 Å². The number of hydrogen-bond donors (Lipinski definition) is 2. The average molecular weight is 459 g/mol. The van der Waals surface area contributed by atoms with Crippen LogP contribution in [0.2, 0.25) is 0 Å². The molecule has 1 amide bonds. The van der Waals surface area contributed by atoms with Crippen molar-refractivity contribution in [3.05, 3.63) is 66.2 Å². The number of benzene rings is 2. The lowest BCUT2D eigenvalue weighted by molar-refractivity contribution is 0.0942. The van der Waals surface area contributed by atoms with E-state index in [0.717, 1.165) is 37.6 Å². The Bertz CT molecular complexity index is 1040. The van der Waals surface area contributed by atoms with Gasteiger partial charge < -0.3 is 9.64 Å². The number of sulfonamides is 1. The van der Waals surface area contributed by atoms with E-state index in [1.807, 2.05) is 24.3 Å². The number of rotatable bonds is 9. The molecule has 0 unspecified atom stereocenters. The van der Waals surface area contributed by atoms with Crippen molar-refractivity contribution in [2.24, 2.45) is 0 Å². The number of morpholine rings is 1. The van der Waals surface area contributed by atoms with Crippen molar-refractivity contribution < 1.29 is 17.9 Å². The van der Waals surface area contributed by atoms with Gasteiger partial charge in [0.05, 0.1) is 23.8 Å². The lowest BCUT2D eigenvalue weighted by atomic mass is 10.1. The topological polar surface area (TPSA) is 91.0 Å². The zero-order valence-corrected chi connectivity index (χ0v) is 19.3. The number of hydrogen-bond acceptors (Lipinski definition) is 6. The molecule has 1 aliphatic rings. The van der Waals surface area contributed by atoms with Crippen LogP contribution in [0.5, 0.6) is 0 Å². The SMILES string of the molecule is C=C(NNC(=O)c1cccc(S(=O)(=O)N(CC)CC)c1)c1ccc(N2CCOCC2)cc1. The van der Waals surface area contributed by atoms with Crippen LogP contribution in [0.1, 0.15) is 29.8 Å². The standard InChI is InChI=1S/C23H30N4O4S/c1-4-27(5-2)32(29,30)22-8-6-7-20(17-22)23(28)25-24-18(3)19-9-11-21(12-10-19)26-13-15-31-16-14-26/h6-12,17,24H,3-5,13-16H2,1-2H3,(H,25,28). The Morgan fingerprint density at radius 3 is 2.31 bits per heavy atom. The van der Waals surface area contributed by atoms with Crippen molar-refractivity contribution >= 4 is 27.3 Å². The van der Waals surface area contributed by atoms with Gasteiger partial charge in [-0.15, -0.1) is 0 Å². The quantitative estimate of drug-likeness (QED) is 0.561. The van der Waals surface area contributed by atoms with Crippen LogP contribution in [-0.4, -0.2) is 58.0 Å². The summed E-state index contributed by atoms with van der Waals surface area (Å²) in [5, 5.41) is 0. The van der Waals surface area contributed by atoms with E-state index in [9.17, 15) is 13.2 Å². The van der Waals surface area contributed by atoms with Gasteiger partial charge in [-0.2, -0.15) is 4.31 Å². The molecule has 0 saturated carbocycles. The summed E-state index contributed by atoms with van der Waals surface area (Å²) in [5.74, 6) is -0.451. The fourth-order valence-electron chi connectivity index (χ4n) is 3.48. The molecule has 1 heterocycles. The summed E-state index contributed by atoms with van der Waals surface area (Å²) in [6, 6.07) is 13.9.